The molecule has 0 saturated carbocycles. The molecule has 1 aliphatic heterocycles. The van der Waals surface area contributed by atoms with Gasteiger partial charge in [-0.2, -0.15) is 0 Å². The van der Waals surface area contributed by atoms with Crippen molar-refractivity contribution >= 4 is 17.8 Å². The molecule has 1 fully saturated rings. The summed E-state index contributed by atoms with van der Waals surface area (Å²) in [5, 5.41) is 20.9. The minimum absolute atomic E-state index is 0.123. The first-order chi connectivity index (χ1) is 9.06. The van der Waals surface area contributed by atoms with E-state index in [1.54, 1.807) is 0 Å². The summed E-state index contributed by atoms with van der Waals surface area (Å²) in [5.41, 5.74) is -0.144. The van der Waals surface area contributed by atoms with Crippen molar-refractivity contribution < 1.29 is 19.5 Å². The number of carboxylic acids is 1. The summed E-state index contributed by atoms with van der Waals surface area (Å²) >= 11 is 0. The Labute approximate surface area is 108 Å². The van der Waals surface area contributed by atoms with Gasteiger partial charge in [0.2, 0.25) is 11.8 Å². The van der Waals surface area contributed by atoms with Gasteiger partial charge in [-0.1, -0.05) is 5.21 Å². The molecule has 0 unspecified atom stereocenters. The molecule has 2 rings (SSSR count). The Balaban J connectivity index is 1.75. The molecule has 0 bridgehead atoms. The molecule has 102 valence electrons. The Morgan fingerprint density at radius 1 is 1.58 bits per heavy atom. The van der Waals surface area contributed by atoms with Crippen LogP contribution in [-0.4, -0.2) is 50.5 Å². The van der Waals surface area contributed by atoms with Crippen LogP contribution in [0.5, 0.6) is 0 Å². The molecular formula is C10H13N5O4. The van der Waals surface area contributed by atoms with Gasteiger partial charge in [0.25, 0.3) is 0 Å². The number of aromatic carboxylic acids is 1. The lowest BCUT2D eigenvalue weighted by molar-refractivity contribution is -0.125. The van der Waals surface area contributed by atoms with Crippen LogP contribution < -0.4 is 10.6 Å². The quantitative estimate of drug-likeness (QED) is 0.588. The van der Waals surface area contributed by atoms with Crippen molar-refractivity contribution in [2.45, 2.75) is 25.4 Å². The first-order valence-corrected chi connectivity index (χ1v) is 5.77. The van der Waals surface area contributed by atoms with E-state index in [4.69, 9.17) is 5.11 Å². The largest absolute Gasteiger partial charge is 0.476 e. The lowest BCUT2D eigenvalue weighted by atomic mass is 10.2. The first-order valence-electron chi connectivity index (χ1n) is 5.77. The van der Waals surface area contributed by atoms with E-state index in [9.17, 15) is 14.4 Å². The van der Waals surface area contributed by atoms with Crippen molar-refractivity contribution in [3.05, 3.63) is 11.9 Å². The third-order valence-electron chi connectivity index (χ3n) is 2.71. The highest BCUT2D eigenvalue weighted by Crippen LogP contribution is 2.05. The predicted molar refractivity (Wildman–Crippen MR) is 61.2 cm³/mol. The third-order valence-corrected chi connectivity index (χ3v) is 2.71. The smallest absolute Gasteiger partial charge is 0.358 e. The molecule has 9 nitrogen and oxygen atoms in total. The van der Waals surface area contributed by atoms with Gasteiger partial charge >= 0.3 is 5.97 Å². The molecule has 2 heterocycles. The Kier molecular flexibility index (Phi) is 3.74. The molecule has 19 heavy (non-hydrogen) atoms. The number of rotatable bonds is 5. The molecule has 1 aromatic heterocycles. The second kappa shape index (κ2) is 5.46. The Morgan fingerprint density at radius 3 is 2.95 bits per heavy atom. The van der Waals surface area contributed by atoms with E-state index in [0.717, 1.165) is 0 Å². The van der Waals surface area contributed by atoms with Crippen molar-refractivity contribution in [1.82, 2.24) is 25.6 Å². The van der Waals surface area contributed by atoms with E-state index in [1.807, 2.05) is 0 Å². The van der Waals surface area contributed by atoms with Crippen molar-refractivity contribution in [1.29, 1.82) is 0 Å². The molecule has 0 radical (unpaired) electrons. The number of hydrogen-bond acceptors (Lipinski definition) is 5. The van der Waals surface area contributed by atoms with Gasteiger partial charge in [0.05, 0.1) is 12.7 Å². The van der Waals surface area contributed by atoms with E-state index in [0.29, 0.717) is 19.4 Å². The molecule has 1 aromatic rings. The normalized spacial score (nSPS) is 18.1. The third kappa shape index (κ3) is 3.27. The highest BCUT2D eigenvalue weighted by molar-refractivity contribution is 5.90. The van der Waals surface area contributed by atoms with Crippen LogP contribution in [0, 0.1) is 0 Å². The number of carboxylic acid groups (broad SMARTS) is 1. The number of hydrogen-bond donors (Lipinski definition) is 3. The monoisotopic (exact) mass is 267 g/mol. The number of carbonyl (C=O) groups is 3. The van der Waals surface area contributed by atoms with Crippen LogP contribution >= 0.6 is 0 Å². The molecule has 3 N–H and O–H groups in total. The fraction of sp³-hybridized carbons (Fsp3) is 0.500. The second-order valence-electron chi connectivity index (χ2n) is 4.12. The number of carbonyl (C=O) groups excluding carboxylic acids is 2. The van der Waals surface area contributed by atoms with Crippen LogP contribution in [0.3, 0.4) is 0 Å². The van der Waals surface area contributed by atoms with Gasteiger partial charge in [0.1, 0.15) is 6.04 Å². The number of amides is 2. The SMILES string of the molecule is O=C1CC[C@H](C(=O)NCCn2cc(C(=O)O)nn2)N1. The maximum Gasteiger partial charge on any atom is 0.358 e. The van der Waals surface area contributed by atoms with Gasteiger partial charge in [-0.3, -0.25) is 9.59 Å². The van der Waals surface area contributed by atoms with E-state index in [2.05, 4.69) is 20.9 Å². The topological polar surface area (TPSA) is 126 Å². The van der Waals surface area contributed by atoms with Crippen molar-refractivity contribution in [2.75, 3.05) is 6.54 Å². The summed E-state index contributed by atoms with van der Waals surface area (Å²) in [4.78, 5) is 33.2. The molecule has 0 aliphatic carbocycles. The van der Waals surface area contributed by atoms with Crippen molar-refractivity contribution in [3.8, 4) is 0 Å². The summed E-state index contributed by atoms with van der Waals surface area (Å²) in [6.45, 7) is 0.598. The minimum atomic E-state index is -1.15. The molecule has 1 aliphatic rings. The fourth-order valence-corrected chi connectivity index (χ4v) is 1.73. The summed E-state index contributed by atoms with van der Waals surface area (Å²) < 4.78 is 1.33. The van der Waals surface area contributed by atoms with Gasteiger partial charge in [-0.25, -0.2) is 9.48 Å². The summed E-state index contributed by atoms with van der Waals surface area (Å²) in [6, 6.07) is -0.474. The number of nitrogens with zero attached hydrogens (tertiary/aromatic N) is 3. The lowest BCUT2D eigenvalue weighted by Crippen LogP contribution is -2.42. The van der Waals surface area contributed by atoms with Gasteiger partial charge in [-0.15, -0.1) is 5.10 Å². The zero-order valence-electron chi connectivity index (χ0n) is 10.00. The van der Waals surface area contributed by atoms with Crippen LogP contribution in [0.1, 0.15) is 23.3 Å². The summed E-state index contributed by atoms with van der Waals surface area (Å²) in [5.74, 6) is -1.52. The average molecular weight is 267 g/mol. The highest BCUT2D eigenvalue weighted by Gasteiger charge is 2.26. The number of aromatic nitrogens is 3. The van der Waals surface area contributed by atoms with Crippen LogP contribution in [0.15, 0.2) is 6.20 Å². The van der Waals surface area contributed by atoms with E-state index < -0.39 is 12.0 Å². The second-order valence-corrected chi connectivity index (χ2v) is 4.12. The van der Waals surface area contributed by atoms with Gasteiger partial charge in [-0.05, 0) is 6.42 Å². The molecule has 1 saturated heterocycles. The standard InChI is InChI=1S/C10H13N5O4/c16-8-2-1-6(12-8)9(17)11-3-4-15-5-7(10(18)19)13-14-15/h5-6H,1-4H2,(H,11,17)(H,12,16)(H,18,19)/t6-/m1/s1. The average Bonchev–Trinajstić information content (AvgIpc) is 2.98. The molecule has 1 atom stereocenters. The van der Waals surface area contributed by atoms with E-state index in [1.165, 1.54) is 10.9 Å². The fourth-order valence-electron chi connectivity index (χ4n) is 1.73. The predicted octanol–water partition coefficient (Wildman–Crippen LogP) is -1.63. The first kappa shape index (κ1) is 13.0. The maximum absolute atomic E-state index is 11.6. The van der Waals surface area contributed by atoms with E-state index >= 15 is 0 Å². The number of nitrogens with one attached hydrogen (secondary N) is 2. The lowest BCUT2D eigenvalue weighted by Gasteiger charge is -2.10. The molecule has 0 spiro atoms. The summed E-state index contributed by atoms with van der Waals surface area (Å²) in [6.07, 6.45) is 2.14. The van der Waals surface area contributed by atoms with Crippen molar-refractivity contribution in [3.63, 3.8) is 0 Å². The Bertz CT molecular complexity index is 512. The molecular weight excluding hydrogens is 254 g/mol. The van der Waals surface area contributed by atoms with Gasteiger partial charge < -0.3 is 15.7 Å². The van der Waals surface area contributed by atoms with Gasteiger partial charge in [0.15, 0.2) is 5.69 Å². The summed E-state index contributed by atoms with van der Waals surface area (Å²) in [7, 11) is 0. The van der Waals surface area contributed by atoms with Crippen molar-refractivity contribution in [2.24, 2.45) is 0 Å². The molecule has 0 aromatic carbocycles. The minimum Gasteiger partial charge on any atom is -0.476 e. The molecule has 2 amide bonds. The van der Waals surface area contributed by atoms with Crippen LogP contribution in [0.2, 0.25) is 0 Å². The zero-order valence-corrected chi connectivity index (χ0v) is 10.00. The van der Waals surface area contributed by atoms with Gasteiger partial charge in [0, 0.05) is 13.0 Å². The highest BCUT2D eigenvalue weighted by atomic mass is 16.4. The van der Waals surface area contributed by atoms with Crippen LogP contribution in [0.25, 0.3) is 0 Å². The van der Waals surface area contributed by atoms with E-state index in [-0.39, 0.29) is 24.1 Å². The molecule has 9 heteroatoms. The zero-order chi connectivity index (χ0) is 13.8. The Hall–Kier alpha value is -2.45. The maximum atomic E-state index is 11.6. The van der Waals surface area contributed by atoms with Crippen LogP contribution in [0.4, 0.5) is 0 Å². The Morgan fingerprint density at radius 2 is 2.37 bits per heavy atom. The van der Waals surface area contributed by atoms with Crippen LogP contribution in [-0.2, 0) is 16.1 Å².